The van der Waals surface area contributed by atoms with Crippen LogP contribution in [0.4, 0.5) is 4.39 Å². The zero-order valence-corrected chi connectivity index (χ0v) is 23.1. The summed E-state index contributed by atoms with van der Waals surface area (Å²) in [6.07, 6.45) is 1.59. The maximum Gasteiger partial charge on any atom is 0.282 e. The Morgan fingerprint density at radius 2 is 1.78 bits per heavy atom. The van der Waals surface area contributed by atoms with Crippen LogP contribution in [0, 0.1) is 5.82 Å². The van der Waals surface area contributed by atoms with Crippen LogP contribution in [-0.2, 0) is 6.61 Å². The van der Waals surface area contributed by atoms with Gasteiger partial charge in [-0.25, -0.2) is 9.37 Å². The first kappa shape index (κ1) is 26.0. The molecule has 186 valence electrons. The van der Waals surface area contributed by atoms with Gasteiger partial charge in [-0.05, 0) is 70.9 Å². The first-order valence-electron chi connectivity index (χ1n) is 11.4. The van der Waals surface area contributed by atoms with E-state index in [0.717, 1.165) is 10.0 Å². The lowest BCUT2D eigenvalue weighted by Crippen LogP contribution is -2.23. The molecule has 1 aromatic heterocycles. The minimum atomic E-state index is -0.297. The number of benzene rings is 3. The van der Waals surface area contributed by atoms with Crippen LogP contribution in [-0.4, -0.2) is 22.5 Å². The van der Waals surface area contributed by atoms with Crippen molar-refractivity contribution in [3.05, 3.63) is 96.7 Å². The van der Waals surface area contributed by atoms with Crippen molar-refractivity contribution >= 4 is 49.0 Å². The van der Waals surface area contributed by atoms with Gasteiger partial charge in [0.1, 0.15) is 18.2 Å². The zero-order valence-electron chi connectivity index (χ0n) is 20.0. The minimum Gasteiger partial charge on any atom is -0.490 e. The number of ether oxygens (including phenoxy) is 2. The van der Waals surface area contributed by atoms with E-state index in [1.165, 1.54) is 16.8 Å². The Kier molecular flexibility index (Phi) is 8.21. The molecule has 0 aliphatic carbocycles. The molecule has 3 aromatic carbocycles. The molecule has 0 amide bonds. The molecule has 0 N–H and O–H groups in total. The number of nitrogens with zero attached hydrogens (tertiary/aromatic N) is 3. The molecule has 36 heavy (non-hydrogen) atoms. The first-order chi connectivity index (χ1) is 17.3. The molecular formula is C27H24Br2FN3O3. The van der Waals surface area contributed by atoms with Crippen LogP contribution >= 0.6 is 31.9 Å². The molecule has 4 rings (SSSR count). The van der Waals surface area contributed by atoms with Crippen molar-refractivity contribution in [1.29, 1.82) is 0 Å². The van der Waals surface area contributed by atoms with Crippen molar-refractivity contribution in [2.45, 2.75) is 33.3 Å². The average Bonchev–Trinajstić information content (AvgIpc) is 2.85. The van der Waals surface area contributed by atoms with Crippen LogP contribution in [0.5, 0.6) is 11.5 Å². The number of rotatable bonds is 8. The van der Waals surface area contributed by atoms with Gasteiger partial charge in [0.05, 0.1) is 23.7 Å². The van der Waals surface area contributed by atoms with Crippen LogP contribution in [0.15, 0.2) is 73.4 Å². The summed E-state index contributed by atoms with van der Waals surface area (Å²) < 4.78 is 27.8. The van der Waals surface area contributed by atoms with Crippen LogP contribution in [0.25, 0.3) is 10.9 Å². The van der Waals surface area contributed by atoms with Gasteiger partial charge in [0.15, 0.2) is 11.5 Å². The fraction of sp³-hybridized carbons (Fsp3) is 0.222. The van der Waals surface area contributed by atoms with Crippen LogP contribution in [0.3, 0.4) is 0 Å². The Hall–Kier alpha value is -3.04. The lowest BCUT2D eigenvalue weighted by Gasteiger charge is -2.14. The Labute approximate surface area is 225 Å². The normalized spacial score (nSPS) is 11.5. The maximum atomic E-state index is 13.3. The van der Waals surface area contributed by atoms with Gasteiger partial charge < -0.3 is 9.47 Å². The van der Waals surface area contributed by atoms with E-state index in [1.54, 1.807) is 36.5 Å². The smallest absolute Gasteiger partial charge is 0.282 e. The van der Waals surface area contributed by atoms with Crippen molar-refractivity contribution in [2.75, 3.05) is 6.61 Å². The highest BCUT2D eigenvalue weighted by atomic mass is 79.9. The van der Waals surface area contributed by atoms with Gasteiger partial charge in [-0.15, -0.1) is 0 Å². The summed E-state index contributed by atoms with van der Waals surface area (Å²) in [6, 6.07) is 15.1. The summed E-state index contributed by atoms with van der Waals surface area (Å²) in [5, 5.41) is 4.99. The Bertz CT molecular complexity index is 1480. The standard InChI is InChI=1S/C27H24Br2FN3O3/c1-4-35-24-11-18(22(29)13-25(24)36-15-17-5-8-20(30)9-6-17)14-31-33-26(16(2)3)32-23-10-7-19(28)12-21(23)27(33)34/h5-14,16H,4,15H2,1-3H3. The zero-order chi connectivity index (χ0) is 25.8. The molecule has 0 spiro atoms. The lowest BCUT2D eigenvalue weighted by atomic mass is 10.2. The first-order valence-corrected chi connectivity index (χ1v) is 13.0. The van der Waals surface area contributed by atoms with Gasteiger partial charge in [-0.1, -0.05) is 41.9 Å². The van der Waals surface area contributed by atoms with E-state index >= 15 is 0 Å². The van der Waals surface area contributed by atoms with E-state index < -0.39 is 0 Å². The molecule has 0 bridgehead atoms. The summed E-state index contributed by atoms with van der Waals surface area (Å²) in [5.74, 6) is 1.30. The number of hydrogen-bond donors (Lipinski definition) is 0. The highest BCUT2D eigenvalue weighted by Crippen LogP contribution is 2.34. The third-order valence-corrected chi connectivity index (χ3v) is 6.51. The van der Waals surface area contributed by atoms with Crippen LogP contribution in [0.1, 0.15) is 43.6 Å². The molecule has 0 aliphatic heterocycles. The number of aromatic nitrogens is 2. The van der Waals surface area contributed by atoms with Crippen molar-refractivity contribution < 1.29 is 13.9 Å². The van der Waals surface area contributed by atoms with E-state index in [1.807, 2.05) is 32.9 Å². The third-order valence-electron chi connectivity index (χ3n) is 5.33. The Morgan fingerprint density at radius 1 is 1.06 bits per heavy atom. The van der Waals surface area contributed by atoms with E-state index in [4.69, 9.17) is 9.47 Å². The maximum absolute atomic E-state index is 13.3. The van der Waals surface area contributed by atoms with E-state index in [-0.39, 0.29) is 23.9 Å². The lowest BCUT2D eigenvalue weighted by molar-refractivity contribution is 0.269. The average molecular weight is 617 g/mol. The van der Waals surface area contributed by atoms with Crippen LogP contribution < -0.4 is 15.0 Å². The molecule has 0 radical (unpaired) electrons. The predicted octanol–water partition coefficient (Wildman–Crippen LogP) is 7.04. The van der Waals surface area contributed by atoms with Crippen molar-refractivity contribution in [3.63, 3.8) is 0 Å². The molecule has 4 aromatic rings. The summed E-state index contributed by atoms with van der Waals surface area (Å²) in [7, 11) is 0. The van der Waals surface area contributed by atoms with Gasteiger partial charge in [0.2, 0.25) is 0 Å². The number of hydrogen-bond acceptors (Lipinski definition) is 5. The topological polar surface area (TPSA) is 65.7 Å². The largest absolute Gasteiger partial charge is 0.490 e. The molecule has 0 aliphatic rings. The fourth-order valence-electron chi connectivity index (χ4n) is 3.54. The van der Waals surface area contributed by atoms with Gasteiger partial charge in [0, 0.05) is 20.4 Å². The summed E-state index contributed by atoms with van der Waals surface area (Å²) >= 11 is 6.99. The van der Waals surface area contributed by atoms with Crippen molar-refractivity contribution in [1.82, 2.24) is 9.66 Å². The number of halogens is 3. The SMILES string of the molecule is CCOc1cc(C=Nn2c(C(C)C)nc3ccc(Br)cc3c2=O)c(Br)cc1OCc1ccc(F)cc1. The third kappa shape index (κ3) is 5.84. The van der Waals surface area contributed by atoms with E-state index in [9.17, 15) is 9.18 Å². The molecule has 0 saturated heterocycles. The summed E-state index contributed by atoms with van der Waals surface area (Å²) in [5.41, 5.74) is 1.91. The van der Waals surface area contributed by atoms with E-state index in [0.29, 0.717) is 44.9 Å². The number of fused-ring (bicyclic) bond motifs is 1. The van der Waals surface area contributed by atoms with Gasteiger partial charge >= 0.3 is 0 Å². The van der Waals surface area contributed by atoms with Gasteiger partial charge in [-0.3, -0.25) is 4.79 Å². The highest BCUT2D eigenvalue weighted by Gasteiger charge is 2.15. The van der Waals surface area contributed by atoms with Crippen LogP contribution in [0.2, 0.25) is 0 Å². The molecule has 6 nitrogen and oxygen atoms in total. The molecule has 9 heteroatoms. The molecule has 0 atom stereocenters. The molecule has 0 unspecified atom stereocenters. The van der Waals surface area contributed by atoms with Gasteiger partial charge in [-0.2, -0.15) is 9.78 Å². The highest BCUT2D eigenvalue weighted by molar-refractivity contribution is 9.10. The molecule has 1 heterocycles. The second-order valence-electron chi connectivity index (χ2n) is 8.32. The molecule has 0 saturated carbocycles. The van der Waals surface area contributed by atoms with Crippen molar-refractivity contribution in [2.24, 2.45) is 5.10 Å². The van der Waals surface area contributed by atoms with Gasteiger partial charge in [0.25, 0.3) is 5.56 Å². The molecule has 0 fully saturated rings. The van der Waals surface area contributed by atoms with E-state index in [2.05, 4.69) is 41.9 Å². The second kappa shape index (κ2) is 11.3. The van der Waals surface area contributed by atoms with Crippen molar-refractivity contribution in [3.8, 4) is 11.5 Å². The quantitative estimate of drug-likeness (QED) is 0.199. The molecular weight excluding hydrogens is 593 g/mol. The predicted molar refractivity (Wildman–Crippen MR) is 147 cm³/mol. The summed E-state index contributed by atoms with van der Waals surface area (Å²) in [4.78, 5) is 18.0. The Balaban J connectivity index is 1.70. The second-order valence-corrected chi connectivity index (χ2v) is 10.1. The minimum absolute atomic E-state index is 0.0208. The Morgan fingerprint density at radius 3 is 2.47 bits per heavy atom. The fourth-order valence-corrected chi connectivity index (χ4v) is 4.33. The summed E-state index contributed by atoms with van der Waals surface area (Å²) in [6.45, 7) is 6.51. The monoisotopic (exact) mass is 615 g/mol.